The van der Waals surface area contributed by atoms with Crippen molar-refractivity contribution in [2.75, 3.05) is 116 Å². The summed E-state index contributed by atoms with van der Waals surface area (Å²) in [6, 6.07) is 41.3. The summed E-state index contributed by atoms with van der Waals surface area (Å²) in [6.45, 7) is 18.9. The molecule has 19 rings (SSSR count). The Morgan fingerprint density at radius 1 is 0.359 bits per heavy atom. The van der Waals surface area contributed by atoms with Crippen LogP contribution in [0, 0.1) is 5.41 Å². The van der Waals surface area contributed by atoms with E-state index in [-0.39, 0.29) is 16.7 Å². The van der Waals surface area contributed by atoms with Crippen molar-refractivity contribution in [3.8, 4) is 17.5 Å². The molecule has 3 atom stereocenters. The number of hydrogen-bond donors (Lipinski definition) is 8. The molecule has 3 aromatic carbocycles. The fourth-order valence-corrected chi connectivity index (χ4v) is 16.7. The summed E-state index contributed by atoms with van der Waals surface area (Å²) in [4.78, 5) is 91.6. The Kier molecular flexibility index (Phi) is 21.8. The molecule has 6 bridgehead atoms. The number of likely N-dealkylation sites (tertiary alicyclic amines) is 1. The third-order valence-electron chi connectivity index (χ3n) is 23.8. The average molecular weight is 1580 g/mol. The van der Waals surface area contributed by atoms with Gasteiger partial charge in [-0.3, -0.25) is 14.4 Å². The van der Waals surface area contributed by atoms with Crippen LogP contribution >= 0.6 is 0 Å². The monoisotopic (exact) mass is 1580 g/mol. The van der Waals surface area contributed by atoms with Crippen molar-refractivity contribution in [1.82, 2.24) is 88.5 Å². The molecule has 12 aromatic rings. The SMILES string of the molecule is CN1CCC2(CC1)CCN(c1ccc(Nc3ncc4c(=O)n5n(c4n3)-c3cccc(n3)[C@@](C)(O)CC/C=C\C5)cc1)CC2.C[C@@]1(O)CC/C=C\Cn2c(=O)c3cnc(Nc4ccc(N5CCNCC5)cc4)nc3n2-c2cccc1n2.C[C@]1(O)CC/C=C\Cn2c(=O)c3cnc(Nc4ccc(N5CCNCC5)cc4)nc3n2-c2cccc1n2. The Bertz CT molecular complexity index is 5640. The van der Waals surface area contributed by atoms with Crippen molar-refractivity contribution in [2.45, 2.75) is 121 Å². The van der Waals surface area contributed by atoms with Crippen LogP contribution in [0.1, 0.15) is 102 Å². The first-order valence-corrected chi connectivity index (χ1v) is 40.8. The fraction of sp³-hybridized carbons (Fsp3) is 0.379. The Hall–Kier alpha value is -12.1. The minimum Gasteiger partial charge on any atom is -0.384 e. The molecule has 0 radical (unpaired) electrons. The van der Waals surface area contributed by atoms with Crippen LogP contribution in [0.2, 0.25) is 0 Å². The van der Waals surface area contributed by atoms with Gasteiger partial charge >= 0.3 is 0 Å². The van der Waals surface area contributed by atoms with Crippen molar-refractivity contribution < 1.29 is 15.3 Å². The third-order valence-corrected chi connectivity index (χ3v) is 23.8. The lowest BCUT2D eigenvalue weighted by Crippen LogP contribution is -2.46. The molecule has 4 saturated heterocycles. The summed E-state index contributed by atoms with van der Waals surface area (Å²) in [5.74, 6) is 2.73. The van der Waals surface area contributed by atoms with Gasteiger partial charge in [-0.2, -0.15) is 15.0 Å². The zero-order chi connectivity index (χ0) is 80.4. The molecule has 0 aliphatic carbocycles. The van der Waals surface area contributed by atoms with Gasteiger partial charge in [0.1, 0.15) is 33.0 Å². The number of aromatic nitrogens is 15. The molecule has 30 nitrogen and oxygen atoms in total. The highest BCUT2D eigenvalue weighted by Crippen LogP contribution is 2.42. The van der Waals surface area contributed by atoms with Crippen LogP contribution in [0.5, 0.6) is 0 Å². The van der Waals surface area contributed by atoms with E-state index >= 15 is 0 Å². The van der Waals surface area contributed by atoms with E-state index in [1.807, 2.05) is 115 Å². The number of allylic oxidation sites excluding steroid dienone is 6. The normalized spacial score (nSPS) is 21.6. The molecule has 30 heteroatoms. The molecule has 8 N–H and O–H groups in total. The summed E-state index contributed by atoms with van der Waals surface area (Å²) in [5, 5.41) is 51.0. The molecule has 4 fully saturated rings. The van der Waals surface area contributed by atoms with Gasteiger partial charge in [-0.1, -0.05) is 54.7 Å². The number of nitrogens with one attached hydrogen (secondary N) is 5. The maximum absolute atomic E-state index is 13.4. The second kappa shape index (κ2) is 32.9. The lowest BCUT2D eigenvalue weighted by Gasteiger charge is -2.46. The zero-order valence-electron chi connectivity index (χ0n) is 66.6. The van der Waals surface area contributed by atoms with E-state index in [0.717, 1.165) is 82.5 Å². The minimum atomic E-state index is -1.09. The largest absolute Gasteiger partial charge is 0.384 e. The lowest BCUT2D eigenvalue weighted by molar-refractivity contribution is 0.0439. The summed E-state index contributed by atoms with van der Waals surface area (Å²) in [7, 11) is 2.23. The number of nitrogens with zero attached hydrogens (tertiary/aromatic N) is 19. The minimum absolute atomic E-state index is 0.183. The Labute approximate surface area is 676 Å². The van der Waals surface area contributed by atoms with E-state index in [1.165, 1.54) is 55.8 Å². The predicted octanol–water partition coefficient (Wildman–Crippen LogP) is 9.97. The number of piperazine rings is 2. The van der Waals surface area contributed by atoms with Gasteiger partial charge in [0, 0.05) is 118 Å². The molecule has 117 heavy (non-hydrogen) atoms. The zero-order valence-corrected chi connectivity index (χ0v) is 66.6. The average Bonchev–Trinajstić information content (AvgIpc) is 1.61. The van der Waals surface area contributed by atoms with E-state index < -0.39 is 16.8 Å². The maximum Gasteiger partial charge on any atom is 0.278 e. The molecule has 604 valence electrons. The smallest absolute Gasteiger partial charge is 0.278 e. The van der Waals surface area contributed by atoms with Crippen LogP contribution in [-0.4, -0.2) is 179 Å². The van der Waals surface area contributed by atoms with Crippen LogP contribution in [0.3, 0.4) is 0 Å². The van der Waals surface area contributed by atoms with E-state index in [4.69, 9.17) is 29.9 Å². The number of anilines is 9. The number of rotatable bonds is 9. The van der Waals surface area contributed by atoms with Gasteiger partial charge in [0.15, 0.2) is 34.4 Å². The van der Waals surface area contributed by atoms with Gasteiger partial charge in [0.05, 0.1) is 36.7 Å². The second-order valence-corrected chi connectivity index (χ2v) is 32.2. The first-order chi connectivity index (χ1) is 56.8. The third kappa shape index (κ3) is 16.5. The molecular weight excluding hydrogens is 1480 g/mol. The van der Waals surface area contributed by atoms with Crippen LogP contribution < -0.4 is 58.0 Å². The molecule has 0 unspecified atom stereocenters. The van der Waals surface area contributed by atoms with Gasteiger partial charge in [-0.25, -0.2) is 58.0 Å². The molecule has 1 spiro atoms. The molecule has 7 aliphatic rings. The first kappa shape index (κ1) is 77.5. The first-order valence-electron chi connectivity index (χ1n) is 40.8. The molecule has 7 aliphatic heterocycles. The van der Waals surface area contributed by atoms with Gasteiger partial charge in [-0.15, -0.1) is 0 Å². The highest BCUT2D eigenvalue weighted by molar-refractivity contribution is 5.80. The van der Waals surface area contributed by atoms with Gasteiger partial charge in [0.2, 0.25) is 17.8 Å². The van der Waals surface area contributed by atoms with Gasteiger partial charge in [-0.05, 0) is 220 Å². The van der Waals surface area contributed by atoms with Crippen LogP contribution in [0.4, 0.5) is 52.0 Å². The van der Waals surface area contributed by atoms with Crippen LogP contribution in [0.25, 0.3) is 50.6 Å². The van der Waals surface area contributed by atoms with Crippen molar-refractivity contribution in [1.29, 1.82) is 0 Å². The number of hydrogen-bond acceptors (Lipinski definition) is 24. The van der Waals surface area contributed by atoms with Gasteiger partial charge in [0.25, 0.3) is 16.7 Å². The highest BCUT2D eigenvalue weighted by atomic mass is 16.3. The summed E-state index contributed by atoms with van der Waals surface area (Å²) in [6.07, 6.45) is 25.3. The van der Waals surface area contributed by atoms with Crippen molar-refractivity contribution in [3.63, 3.8) is 0 Å². The van der Waals surface area contributed by atoms with Crippen LogP contribution in [-0.2, 0) is 36.4 Å². The molecule has 16 heterocycles. The lowest BCUT2D eigenvalue weighted by atomic mass is 9.71. The number of piperidine rings is 2. The van der Waals surface area contributed by atoms with Crippen LogP contribution in [0.15, 0.2) is 197 Å². The Morgan fingerprint density at radius 2 is 0.658 bits per heavy atom. The second-order valence-electron chi connectivity index (χ2n) is 32.2. The summed E-state index contributed by atoms with van der Waals surface area (Å²) >= 11 is 0. The van der Waals surface area contributed by atoms with E-state index in [0.29, 0.717) is 149 Å². The fourth-order valence-electron chi connectivity index (χ4n) is 16.7. The van der Waals surface area contributed by atoms with E-state index in [9.17, 15) is 29.7 Å². The summed E-state index contributed by atoms with van der Waals surface area (Å²) < 4.78 is 9.99. The molecular formula is C87H100N24O6. The number of aliphatic hydroxyl groups is 3. The predicted molar refractivity (Wildman–Crippen MR) is 457 cm³/mol. The topological polar surface area (TPSA) is 331 Å². The Balaban J connectivity index is 0.000000127. The van der Waals surface area contributed by atoms with Crippen molar-refractivity contribution in [3.05, 3.63) is 231 Å². The summed E-state index contributed by atoms with van der Waals surface area (Å²) in [5.41, 5.74) is 5.95. The Morgan fingerprint density at radius 3 is 0.974 bits per heavy atom. The number of pyridine rings is 3. The molecule has 9 aromatic heterocycles. The molecule has 0 saturated carbocycles. The number of fused-ring (bicyclic) bond motifs is 18. The highest BCUT2D eigenvalue weighted by Gasteiger charge is 2.38. The van der Waals surface area contributed by atoms with E-state index in [1.54, 1.807) is 67.5 Å². The van der Waals surface area contributed by atoms with Crippen molar-refractivity contribution in [2.24, 2.45) is 5.41 Å². The standard InChI is InChI=1S/C33H40N8O2.2C27H30N8O2/c1-32(43)13-4-3-5-18-40-30(42)26-23-34-31(37-29(26)41(40)28-8-6-7-27(32)36-28)35-24-9-11-25(12-10-24)39-21-16-33(17-22-39)14-19-38(2)20-15-33;2*1-27(37)12-3-2-4-15-34-25(36)21-18-29-26(32-24(21)35(34)23-7-5-6-22(27)31-23)30-19-8-10-20(11-9-19)33-16-13-28-14-17-33/h3,5-12,23,43H,4,13-22H2,1-2H3,(H,34,35,37);2*2,4-11,18,28,37H,3,12-17H2,1H3,(H,29,30,32)/b5-3-;2*4-2-/t32-;2*27-/m010/s1. The van der Waals surface area contributed by atoms with Crippen molar-refractivity contribution >= 4 is 85.1 Å². The maximum atomic E-state index is 13.4. The molecule has 0 amide bonds. The van der Waals surface area contributed by atoms with E-state index in [2.05, 4.69) is 117 Å². The van der Waals surface area contributed by atoms with Gasteiger partial charge < -0.3 is 61.5 Å². The quantitative estimate of drug-likeness (QED) is 0.0623. The number of benzene rings is 3.